The van der Waals surface area contributed by atoms with E-state index in [0.29, 0.717) is 19.4 Å². The number of Topliss-reactive ketones (excluding diaryl/α,β-unsaturated/α-hetero) is 1. The van der Waals surface area contributed by atoms with Crippen LogP contribution in [-0.4, -0.2) is 25.3 Å². The molecule has 0 rings (SSSR count). The Morgan fingerprint density at radius 3 is 2.25 bits per heavy atom. The summed E-state index contributed by atoms with van der Waals surface area (Å²) in [7, 11) is 1.60. The van der Waals surface area contributed by atoms with Crippen molar-refractivity contribution in [3.63, 3.8) is 0 Å². The minimum atomic E-state index is -0.380. The summed E-state index contributed by atoms with van der Waals surface area (Å²) in [6.45, 7) is 6.18. The first-order valence-corrected chi connectivity index (χ1v) is 5.78. The molecule has 0 aromatic heterocycles. The fourth-order valence-corrected chi connectivity index (χ4v) is 1.42. The van der Waals surface area contributed by atoms with E-state index >= 15 is 0 Å². The van der Waals surface area contributed by atoms with Crippen LogP contribution in [0.5, 0.6) is 0 Å². The lowest BCUT2D eigenvalue weighted by Crippen LogP contribution is -2.32. The van der Waals surface area contributed by atoms with Crippen molar-refractivity contribution in [2.24, 2.45) is 17.1 Å². The molecule has 0 fully saturated rings. The zero-order chi connectivity index (χ0) is 12.8. The van der Waals surface area contributed by atoms with E-state index in [4.69, 9.17) is 5.73 Å². The van der Waals surface area contributed by atoms with E-state index in [0.717, 1.165) is 6.42 Å². The summed E-state index contributed by atoms with van der Waals surface area (Å²) < 4.78 is 0. The van der Waals surface area contributed by atoms with Crippen molar-refractivity contribution in [2.45, 2.75) is 40.0 Å². The van der Waals surface area contributed by atoms with Gasteiger partial charge in [-0.25, -0.2) is 0 Å². The van der Waals surface area contributed by atoms with Gasteiger partial charge in [0.05, 0.1) is 0 Å². The van der Waals surface area contributed by atoms with E-state index in [1.807, 2.05) is 20.8 Å². The van der Waals surface area contributed by atoms with Gasteiger partial charge in [0.1, 0.15) is 5.78 Å². The Morgan fingerprint density at radius 1 is 1.31 bits per heavy atom. The highest BCUT2D eigenvalue weighted by Gasteiger charge is 2.27. The minimum Gasteiger partial charge on any atom is -0.359 e. The molecule has 4 nitrogen and oxygen atoms in total. The standard InChI is InChI=1S/C12H24N2O2/c1-12(2,3)10(15)8-9(6-5-7-13)11(16)14-4/h9H,5-8,13H2,1-4H3,(H,14,16)/t9-/m1/s1. The molecule has 3 N–H and O–H groups in total. The molecule has 4 heteroatoms. The first-order chi connectivity index (χ1) is 7.32. The molecular formula is C12H24N2O2. The molecule has 1 atom stereocenters. The maximum Gasteiger partial charge on any atom is 0.223 e. The summed E-state index contributed by atoms with van der Waals surface area (Å²) in [6.07, 6.45) is 1.76. The number of carbonyl (C=O) groups excluding carboxylic acids is 2. The van der Waals surface area contributed by atoms with E-state index in [-0.39, 0.29) is 23.0 Å². The van der Waals surface area contributed by atoms with Crippen LogP contribution in [0.15, 0.2) is 0 Å². The second-order valence-corrected chi connectivity index (χ2v) is 5.12. The molecule has 0 aromatic carbocycles. The van der Waals surface area contributed by atoms with Crippen LogP contribution in [0.3, 0.4) is 0 Å². The topological polar surface area (TPSA) is 72.2 Å². The predicted molar refractivity (Wildman–Crippen MR) is 64.9 cm³/mol. The number of nitrogens with one attached hydrogen (secondary N) is 1. The molecule has 16 heavy (non-hydrogen) atoms. The van der Waals surface area contributed by atoms with Crippen LogP contribution in [-0.2, 0) is 9.59 Å². The van der Waals surface area contributed by atoms with E-state index in [1.54, 1.807) is 7.05 Å². The summed E-state index contributed by atoms with van der Waals surface area (Å²) in [6, 6.07) is 0. The lowest BCUT2D eigenvalue weighted by molar-refractivity contribution is -0.132. The van der Waals surface area contributed by atoms with Gasteiger partial charge in [-0.15, -0.1) is 0 Å². The van der Waals surface area contributed by atoms with E-state index in [9.17, 15) is 9.59 Å². The number of hydrogen-bond acceptors (Lipinski definition) is 3. The Hall–Kier alpha value is -0.900. The highest BCUT2D eigenvalue weighted by Crippen LogP contribution is 2.22. The molecule has 0 aliphatic rings. The maximum absolute atomic E-state index is 11.8. The van der Waals surface area contributed by atoms with Gasteiger partial charge < -0.3 is 11.1 Å². The fourth-order valence-electron chi connectivity index (χ4n) is 1.42. The molecule has 0 unspecified atom stereocenters. The second-order valence-electron chi connectivity index (χ2n) is 5.12. The molecule has 0 aromatic rings. The van der Waals surface area contributed by atoms with Gasteiger partial charge in [0, 0.05) is 24.8 Å². The number of hydrogen-bond donors (Lipinski definition) is 2. The van der Waals surface area contributed by atoms with Crippen molar-refractivity contribution in [3.8, 4) is 0 Å². The van der Waals surface area contributed by atoms with Gasteiger partial charge in [-0.2, -0.15) is 0 Å². The van der Waals surface area contributed by atoms with Gasteiger partial charge in [0.2, 0.25) is 5.91 Å². The molecule has 0 spiro atoms. The quantitative estimate of drug-likeness (QED) is 0.715. The van der Waals surface area contributed by atoms with Crippen LogP contribution in [0.2, 0.25) is 0 Å². The Kier molecular flexibility index (Phi) is 6.26. The summed E-state index contributed by atoms with van der Waals surface area (Å²) in [4.78, 5) is 23.4. The fraction of sp³-hybridized carbons (Fsp3) is 0.833. The minimum absolute atomic E-state index is 0.0638. The van der Waals surface area contributed by atoms with Crippen LogP contribution >= 0.6 is 0 Å². The molecule has 0 saturated heterocycles. The smallest absolute Gasteiger partial charge is 0.223 e. The largest absolute Gasteiger partial charge is 0.359 e. The monoisotopic (exact) mass is 228 g/mol. The molecule has 0 aliphatic heterocycles. The molecule has 0 saturated carbocycles. The van der Waals surface area contributed by atoms with Crippen molar-refractivity contribution >= 4 is 11.7 Å². The van der Waals surface area contributed by atoms with Crippen molar-refractivity contribution in [1.82, 2.24) is 5.32 Å². The Bertz CT molecular complexity index is 244. The number of carbonyl (C=O) groups is 2. The third-order valence-electron chi connectivity index (χ3n) is 2.64. The molecule has 0 bridgehead atoms. The van der Waals surface area contributed by atoms with Crippen molar-refractivity contribution < 1.29 is 9.59 Å². The van der Waals surface area contributed by atoms with Crippen molar-refractivity contribution in [3.05, 3.63) is 0 Å². The van der Waals surface area contributed by atoms with Crippen LogP contribution in [0.1, 0.15) is 40.0 Å². The van der Waals surface area contributed by atoms with Gasteiger partial charge in [-0.05, 0) is 19.4 Å². The van der Waals surface area contributed by atoms with Gasteiger partial charge in [0.15, 0.2) is 0 Å². The van der Waals surface area contributed by atoms with E-state index < -0.39 is 0 Å². The summed E-state index contributed by atoms with van der Waals surface area (Å²) in [5.41, 5.74) is 5.04. The van der Waals surface area contributed by atoms with Crippen LogP contribution in [0.4, 0.5) is 0 Å². The normalized spacial score (nSPS) is 13.3. The van der Waals surface area contributed by atoms with Crippen LogP contribution in [0, 0.1) is 11.3 Å². The predicted octanol–water partition coefficient (Wildman–Crippen LogP) is 1.09. The zero-order valence-electron chi connectivity index (χ0n) is 10.8. The van der Waals surface area contributed by atoms with Crippen molar-refractivity contribution in [1.29, 1.82) is 0 Å². The molecule has 0 radical (unpaired) electrons. The second kappa shape index (κ2) is 6.63. The zero-order valence-corrected chi connectivity index (χ0v) is 10.8. The Morgan fingerprint density at radius 2 is 1.88 bits per heavy atom. The first-order valence-electron chi connectivity index (χ1n) is 5.78. The average Bonchev–Trinajstić information content (AvgIpc) is 2.21. The third kappa shape index (κ3) is 5.26. The third-order valence-corrected chi connectivity index (χ3v) is 2.64. The van der Waals surface area contributed by atoms with E-state index in [2.05, 4.69) is 5.32 Å². The Labute approximate surface area is 98.0 Å². The van der Waals surface area contributed by atoms with Crippen LogP contribution < -0.4 is 11.1 Å². The number of ketones is 1. The lowest BCUT2D eigenvalue weighted by Gasteiger charge is -2.21. The summed E-state index contributed by atoms with van der Waals surface area (Å²) in [5.74, 6) is -0.176. The number of amides is 1. The Balaban J connectivity index is 4.42. The maximum atomic E-state index is 11.8. The SMILES string of the molecule is CNC(=O)[C@H](CCCN)CC(=O)C(C)(C)C. The van der Waals surface area contributed by atoms with Gasteiger partial charge in [0.25, 0.3) is 0 Å². The highest BCUT2D eigenvalue weighted by atomic mass is 16.2. The molecule has 0 aliphatic carbocycles. The highest BCUT2D eigenvalue weighted by molar-refractivity contribution is 5.89. The number of rotatable bonds is 6. The van der Waals surface area contributed by atoms with Crippen molar-refractivity contribution in [2.75, 3.05) is 13.6 Å². The number of nitrogens with two attached hydrogens (primary N) is 1. The van der Waals surface area contributed by atoms with Gasteiger partial charge >= 0.3 is 0 Å². The van der Waals surface area contributed by atoms with E-state index in [1.165, 1.54) is 0 Å². The molecule has 94 valence electrons. The summed E-state index contributed by atoms with van der Waals surface area (Å²) >= 11 is 0. The average molecular weight is 228 g/mol. The lowest BCUT2D eigenvalue weighted by atomic mass is 9.83. The first kappa shape index (κ1) is 15.1. The van der Waals surface area contributed by atoms with Crippen LogP contribution in [0.25, 0.3) is 0 Å². The molecular weight excluding hydrogens is 204 g/mol. The van der Waals surface area contributed by atoms with Gasteiger partial charge in [-0.1, -0.05) is 20.8 Å². The summed E-state index contributed by atoms with van der Waals surface area (Å²) in [5, 5.41) is 2.60. The molecule has 0 heterocycles. The molecule has 1 amide bonds. The van der Waals surface area contributed by atoms with Gasteiger partial charge in [-0.3, -0.25) is 9.59 Å².